The summed E-state index contributed by atoms with van der Waals surface area (Å²) in [6, 6.07) is 7.44. The van der Waals surface area contributed by atoms with Gasteiger partial charge in [0, 0.05) is 11.3 Å². The maximum absolute atomic E-state index is 12.2. The van der Waals surface area contributed by atoms with Crippen LogP contribution in [0.5, 0.6) is 0 Å². The Morgan fingerprint density at radius 3 is 2.87 bits per heavy atom. The molecule has 6 nitrogen and oxygen atoms in total. The minimum Gasteiger partial charge on any atom is -0.350 e. The highest BCUT2D eigenvalue weighted by molar-refractivity contribution is 8.01. The van der Waals surface area contributed by atoms with Gasteiger partial charge in [0.2, 0.25) is 11.8 Å². The zero-order valence-corrected chi connectivity index (χ0v) is 14.3. The predicted octanol–water partition coefficient (Wildman–Crippen LogP) is 1.18. The number of carbonyl (C=O) groups excluding carboxylic acids is 2. The van der Waals surface area contributed by atoms with E-state index in [1.54, 1.807) is 6.92 Å². The third-order valence-corrected chi connectivity index (χ3v) is 7.20. The molecule has 1 aromatic rings. The Morgan fingerprint density at radius 2 is 2.17 bits per heavy atom. The molecule has 23 heavy (non-hydrogen) atoms. The van der Waals surface area contributed by atoms with Crippen molar-refractivity contribution in [1.82, 2.24) is 5.32 Å². The van der Waals surface area contributed by atoms with Gasteiger partial charge >= 0.3 is 0 Å². The molecule has 2 N–H and O–H groups in total. The van der Waals surface area contributed by atoms with Crippen molar-refractivity contribution in [2.45, 2.75) is 35.4 Å². The SMILES string of the molecule is CC1(NC(=O)CC2Sc3ccccc3NC2=O)CCS(=O)(=O)C1. The van der Waals surface area contributed by atoms with Crippen LogP contribution in [0.2, 0.25) is 0 Å². The van der Waals surface area contributed by atoms with Crippen molar-refractivity contribution >= 4 is 39.1 Å². The molecule has 0 saturated carbocycles. The molecular formula is C15H18N2O4S2. The lowest BCUT2D eigenvalue weighted by Crippen LogP contribution is -2.48. The van der Waals surface area contributed by atoms with Gasteiger partial charge in [-0.25, -0.2) is 8.42 Å². The standard InChI is InChI=1S/C15H18N2O4S2/c1-15(6-7-23(20,21)9-15)17-13(18)8-12-14(19)16-10-4-2-3-5-11(10)22-12/h2-5,12H,6-9H2,1H3,(H,16,19)(H,17,18). The highest BCUT2D eigenvalue weighted by Gasteiger charge is 2.40. The molecule has 1 fully saturated rings. The molecule has 2 aliphatic heterocycles. The monoisotopic (exact) mass is 354 g/mol. The molecule has 0 spiro atoms. The molecule has 8 heteroatoms. The fourth-order valence-electron chi connectivity index (χ4n) is 2.89. The summed E-state index contributed by atoms with van der Waals surface area (Å²) in [4.78, 5) is 25.3. The van der Waals surface area contributed by atoms with E-state index in [0.717, 1.165) is 10.6 Å². The van der Waals surface area contributed by atoms with Gasteiger partial charge in [-0.15, -0.1) is 11.8 Å². The minimum absolute atomic E-state index is 0.0282. The summed E-state index contributed by atoms with van der Waals surface area (Å²) in [5.41, 5.74) is 0.0249. The lowest BCUT2D eigenvalue weighted by atomic mass is 10.0. The van der Waals surface area contributed by atoms with Gasteiger partial charge < -0.3 is 10.6 Å². The number of amides is 2. The molecule has 0 aliphatic carbocycles. The van der Waals surface area contributed by atoms with E-state index < -0.39 is 20.6 Å². The highest BCUT2D eigenvalue weighted by atomic mass is 32.2. The average molecular weight is 354 g/mol. The molecule has 2 unspecified atom stereocenters. The van der Waals surface area contributed by atoms with Crippen LogP contribution in [0.25, 0.3) is 0 Å². The zero-order chi connectivity index (χ0) is 16.7. The van der Waals surface area contributed by atoms with Crippen LogP contribution in [0.1, 0.15) is 19.8 Å². The molecule has 1 saturated heterocycles. The molecule has 2 heterocycles. The zero-order valence-electron chi connectivity index (χ0n) is 12.7. The summed E-state index contributed by atoms with van der Waals surface area (Å²) in [6.07, 6.45) is 0.439. The second-order valence-corrected chi connectivity index (χ2v) is 9.68. The average Bonchev–Trinajstić information content (AvgIpc) is 2.73. The number of benzene rings is 1. The molecule has 1 aromatic carbocycles. The summed E-state index contributed by atoms with van der Waals surface area (Å²) >= 11 is 1.36. The van der Waals surface area contributed by atoms with E-state index in [1.807, 2.05) is 24.3 Å². The van der Waals surface area contributed by atoms with Crippen LogP contribution in [0.15, 0.2) is 29.2 Å². The molecule has 0 bridgehead atoms. The van der Waals surface area contributed by atoms with Gasteiger partial charge in [-0.2, -0.15) is 0 Å². The topological polar surface area (TPSA) is 92.3 Å². The molecule has 0 aromatic heterocycles. The maximum atomic E-state index is 12.2. The maximum Gasteiger partial charge on any atom is 0.238 e. The van der Waals surface area contributed by atoms with E-state index in [-0.39, 0.29) is 29.7 Å². The fourth-order valence-corrected chi connectivity index (χ4v) is 6.10. The van der Waals surface area contributed by atoms with Crippen LogP contribution < -0.4 is 10.6 Å². The molecule has 3 rings (SSSR count). The van der Waals surface area contributed by atoms with Gasteiger partial charge in [0.1, 0.15) is 0 Å². The summed E-state index contributed by atoms with van der Waals surface area (Å²) in [5, 5.41) is 5.08. The van der Waals surface area contributed by atoms with Gasteiger partial charge in [0.25, 0.3) is 0 Å². The summed E-state index contributed by atoms with van der Waals surface area (Å²) < 4.78 is 23.2. The number of carbonyl (C=O) groups is 2. The van der Waals surface area contributed by atoms with E-state index >= 15 is 0 Å². The van der Waals surface area contributed by atoms with E-state index in [4.69, 9.17) is 0 Å². The van der Waals surface area contributed by atoms with Crippen molar-refractivity contribution in [2.24, 2.45) is 0 Å². The van der Waals surface area contributed by atoms with Crippen LogP contribution in [-0.2, 0) is 19.4 Å². The number of nitrogens with one attached hydrogen (secondary N) is 2. The summed E-state index contributed by atoms with van der Waals surface area (Å²) in [7, 11) is -3.08. The van der Waals surface area contributed by atoms with E-state index in [0.29, 0.717) is 6.42 Å². The van der Waals surface area contributed by atoms with Crippen LogP contribution >= 0.6 is 11.8 Å². The minimum atomic E-state index is -3.08. The first kappa shape index (κ1) is 16.3. The van der Waals surface area contributed by atoms with Crippen molar-refractivity contribution in [3.05, 3.63) is 24.3 Å². The smallest absolute Gasteiger partial charge is 0.238 e. The number of anilines is 1. The highest BCUT2D eigenvalue weighted by Crippen LogP contribution is 2.36. The van der Waals surface area contributed by atoms with Crippen LogP contribution in [0, 0.1) is 0 Å². The normalized spacial score (nSPS) is 28.7. The Balaban J connectivity index is 1.64. The quantitative estimate of drug-likeness (QED) is 0.850. The van der Waals surface area contributed by atoms with Gasteiger partial charge in [-0.05, 0) is 25.5 Å². The lowest BCUT2D eigenvalue weighted by molar-refractivity contribution is -0.125. The van der Waals surface area contributed by atoms with Crippen LogP contribution in [0.4, 0.5) is 5.69 Å². The van der Waals surface area contributed by atoms with Crippen LogP contribution in [0.3, 0.4) is 0 Å². The first-order valence-corrected chi connectivity index (χ1v) is 10.0. The Hall–Kier alpha value is -1.54. The summed E-state index contributed by atoms with van der Waals surface area (Å²) in [5.74, 6) is -0.446. The predicted molar refractivity (Wildman–Crippen MR) is 89.2 cm³/mol. The first-order valence-electron chi connectivity index (χ1n) is 7.34. The molecule has 124 valence electrons. The number of hydrogen-bond acceptors (Lipinski definition) is 5. The molecule has 0 radical (unpaired) electrons. The lowest BCUT2D eigenvalue weighted by Gasteiger charge is -2.27. The molecular weight excluding hydrogens is 336 g/mol. The number of sulfone groups is 1. The van der Waals surface area contributed by atoms with E-state index in [2.05, 4.69) is 10.6 Å². The Labute approximate surface area is 139 Å². The number of rotatable bonds is 3. The Morgan fingerprint density at radius 1 is 1.43 bits per heavy atom. The fraction of sp³-hybridized carbons (Fsp3) is 0.467. The largest absolute Gasteiger partial charge is 0.350 e. The van der Waals surface area contributed by atoms with Gasteiger partial charge in [-0.1, -0.05) is 12.1 Å². The van der Waals surface area contributed by atoms with E-state index in [1.165, 1.54) is 11.8 Å². The second kappa shape index (κ2) is 5.83. The second-order valence-electron chi connectivity index (χ2n) is 6.25. The third kappa shape index (κ3) is 3.69. The van der Waals surface area contributed by atoms with Crippen LogP contribution in [-0.4, -0.2) is 42.5 Å². The van der Waals surface area contributed by atoms with Gasteiger partial charge in [0.15, 0.2) is 9.84 Å². The Bertz CT molecular complexity index is 762. The first-order chi connectivity index (χ1) is 10.8. The summed E-state index contributed by atoms with van der Waals surface area (Å²) in [6.45, 7) is 1.73. The van der Waals surface area contributed by atoms with E-state index in [9.17, 15) is 18.0 Å². The third-order valence-electron chi connectivity index (χ3n) is 4.02. The number of hydrogen-bond donors (Lipinski definition) is 2. The van der Waals surface area contributed by atoms with Crippen molar-refractivity contribution in [3.8, 4) is 0 Å². The van der Waals surface area contributed by atoms with Crippen molar-refractivity contribution in [2.75, 3.05) is 16.8 Å². The Kier molecular flexibility index (Phi) is 4.14. The van der Waals surface area contributed by atoms with Crippen molar-refractivity contribution in [3.63, 3.8) is 0 Å². The van der Waals surface area contributed by atoms with Gasteiger partial charge in [0.05, 0.1) is 28.0 Å². The molecule has 2 aliphatic rings. The van der Waals surface area contributed by atoms with Crippen molar-refractivity contribution < 1.29 is 18.0 Å². The number of para-hydroxylation sites is 1. The molecule has 2 amide bonds. The number of fused-ring (bicyclic) bond motifs is 1. The molecule has 2 atom stereocenters. The van der Waals surface area contributed by atoms with Crippen molar-refractivity contribution in [1.29, 1.82) is 0 Å². The number of thioether (sulfide) groups is 1. The van der Waals surface area contributed by atoms with Gasteiger partial charge in [-0.3, -0.25) is 9.59 Å².